The van der Waals surface area contributed by atoms with Crippen LogP contribution in [0.4, 0.5) is 0 Å². The number of carbonyl (C=O) groups excluding carboxylic acids is 1. The maximum Gasteiger partial charge on any atom is 0.225 e. The topological polar surface area (TPSA) is 59.2 Å². The third kappa shape index (κ3) is 3.43. The number of amides is 1. The van der Waals surface area contributed by atoms with Crippen molar-refractivity contribution >= 4 is 18.1 Å². The summed E-state index contributed by atoms with van der Waals surface area (Å²) in [4.78, 5) is 20.6. The zero-order chi connectivity index (χ0) is 18.1. The lowest BCUT2D eigenvalue weighted by molar-refractivity contribution is -0.134. The molecule has 2 aromatic heterocycles. The number of hydrogen-bond acceptors (Lipinski definition) is 5. The van der Waals surface area contributed by atoms with E-state index in [1.807, 2.05) is 21.7 Å². The van der Waals surface area contributed by atoms with Crippen LogP contribution in [-0.2, 0) is 18.0 Å². The molecule has 8 heteroatoms. The Morgan fingerprint density at radius 1 is 1.19 bits per heavy atom. The number of rotatable bonds is 5. The van der Waals surface area contributed by atoms with E-state index in [9.17, 15) is 4.79 Å². The first-order valence-electron chi connectivity index (χ1n) is 9.26. The van der Waals surface area contributed by atoms with Crippen LogP contribution in [-0.4, -0.2) is 61.2 Å². The number of aromatic nitrogens is 4. The Labute approximate surface area is 158 Å². The Balaban J connectivity index is 1.46. The van der Waals surface area contributed by atoms with E-state index in [1.165, 1.54) is 0 Å². The Hall–Kier alpha value is -2.06. The molecule has 1 amide bonds. The summed E-state index contributed by atoms with van der Waals surface area (Å²) >= 11 is 5.64. The fourth-order valence-corrected chi connectivity index (χ4v) is 3.73. The van der Waals surface area contributed by atoms with E-state index in [1.54, 1.807) is 12.4 Å². The van der Waals surface area contributed by atoms with E-state index in [2.05, 4.69) is 21.4 Å². The normalized spacial score (nSPS) is 18.3. The fourth-order valence-electron chi connectivity index (χ4n) is 3.42. The molecule has 2 aromatic rings. The molecule has 0 radical (unpaired) electrons. The molecule has 1 saturated carbocycles. The second-order valence-electron chi connectivity index (χ2n) is 6.94. The van der Waals surface area contributed by atoms with Crippen LogP contribution < -0.4 is 0 Å². The van der Waals surface area contributed by atoms with Crippen LogP contribution in [0.5, 0.6) is 0 Å². The van der Waals surface area contributed by atoms with Crippen LogP contribution in [0, 0.1) is 10.7 Å². The lowest BCUT2D eigenvalue weighted by atomic mass is 10.2. The molecule has 1 aliphatic carbocycles. The van der Waals surface area contributed by atoms with E-state index in [-0.39, 0.29) is 0 Å². The minimum absolute atomic E-state index is 0.304. The predicted molar refractivity (Wildman–Crippen MR) is 101 cm³/mol. The molecule has 0 bridgehead atoms. The van der Waals surface area contributed by atoms with Gasteiger partial charge in [0.1, 0.15) is 0 Å². The predicted octanol–water partition coefficient (Wildman–Crippen LogP) is 2.01. The minimum atomic E-state index is 0.304. The third-order valence-corrected chi connectivity index (χ3v) is 5.55. The first kappa shape index (κ1) is 17.4. The molecule has 7 nitrogen and oxygen atoms in total. The van der Waals surface area contributed by atoms with Crippen LogP contribution in [0.15, 0.2) is 24.5 Å². The molecule has 1 saturated heterocycles. The van der Waals surface area contributed by atoms with E-state index >= 15 is 0 Å². The highest BCUT2D eigenvalue weighted by Gasteiger charge is 2.34. The van der Waals surface area contributed by atoms with Crippen LogP contribution in [0.25, 0.3) is 11.4 Å². The van der Waals surface area contributed by atoms with E-state index in [4.69, 9.17) is 17.3 Å². The molecule has 0 spiro atoms. The van der Waals surface area contributed by atoms with Crippen molar-refractivity contribution in [3.63, 3.8) is 0 Å². The molecular weight excluding hydrogens is 348 g/mol. The summed E-state index contributed by atoms with van der Waals surface area (Å²) < 4.78 is 4.68. The van der Waals surface area contributed by atoms with Crippen molar-refractivity contribution in [3.8, 4) is 11.4 Å². The van der Waals surface area contributed by atoms with E-state index in [0.717, 1.165) is 61.7 Å². The van der Waals surface area contributed by atoms with Gasteiger partial charge in [0, 0.05) is 56.6 Å². The molecule has 0 N–H and O–H groups in total. The summed E-state index contributed by atoms with van der Waals surface area (Å²) in [6.45, 7) is 6.85. The number of piperazine rings is 1. The summed E-state index contributed by atoms with van der Waals surface area (Å²) in [7, 11) is 0. The lowest BCUT2D eigenvalue weighted by Gasteiger charge is -2.34. The molecular formula is C18H24N6OS. The molecule has 1 aliphatic heterocycles. The van der Waals surface area contributed by atoms with Crippen LogP contribution in [0.1, 0.15) is 19.8 Å². The summed E-state index contributed by atoms with van der Waals surface area (Å²) in [6.07, 6.45) is 5.68. The van der Waals surface area contributed by atoms with Gasteiger partial charge in [-0.2, -0.15) is 5.10 Å². The van der Waals surface area contributed by atoms with Crippen molar-refractivity contribution in [2.24, 2.45) is 5.92 Å². The van der Waals surface area contributed by atoms with Crippen LogP contribution in [0.3, 0.4) is 0 Å². The maximum atomic E-state index is 12.2. The molecule has 0 unspecified atom stereocenters. The quantitative estimate of drug-likeness (QED) is 0.752. The van der Waals surface area contributed by atoms with Gasteiger partial charge in [-0.25, -0.2) is 4.68 Å². The highest BCUT2D eigenvalue weighted by atomic mass is 32.1. The smallest absolute Gasteiger partial charge is 0.225 e. The molecule has 2 fully saturated rings. The van der Waals surface area contributed by atoms with Gasteiger partial charge in [-0.1, -0.05) is 0 Å². The average Bonchev–Trinajstić information content (AvgIpc) is 3.48. The molecule has 0 aromatic carbocycles. The van der Waals surface area contributed by atoms with Gasteiger partial charge in [-0.3, -0.25) is 14.7 Å². The molecule has 26 heavy (non-hydrogen) atoms. The number of hydrogen-bond donors (Lipinski definition) is 0. The SMILES string of the molecule is CCn1c(-c2ccncc2)nn(CN2CCN(C(=O)C3CC3)CC2)c1=S. The van der Waals surface area contributed by atoms with Crippen molar-refractivity contribution in [1.29, 1.82) is 0 Å². The molecule has 0 atom stereocenters. The third-order valence-electron chi connectivity index (χ3n) is 5.12. The first-order valence-corrected chi connectivity index (χ1v) is 9.67. The zero-order valence-corrected chi connectivity index (χ0v) is 15.9. The highest BCUT2D eigenvalue weighted by Crippen LogP contribution is 2.31. The number of pyridine rings is 1. The summed E-state index contributed by atoms with van der Waals surface area (Å²) in [5, 5.41) is 4.76. The minimum Gasteiger partial charge on any atom is -0.340 e. The van der Waals surface area contributed by atoms with Gasteiger partial charge in [0.2, 0.25) is 5.91 Å². The fraction of sp³-hybridized carbons (Fsp3) is 0.556. The summed E-state index contributed by atoms with van der Waals surface area (Å²) in [5.41, 5.74) is 1.02. The van der Waals surface area contributed by atoms with Gasteiger partial charge in [0.15, 0.2) is 10.6 Å². The van der Waals surface area contributed by atoms with E-state index < -0.39 is 0 Å². The Morgan fingerprint density at radius 3 is 2.50 bits per heavy atom. The van der Waals surface area contributed by atoms with Gasteiger partial charge in [-0.15, -0.1) is 0 Å². The standard InChI is InChI=1S/C18H24N6OS/c1-2-23-16(14-5-7-19-8-6-14)20-24(18(23)26)13-21-9-11-22(12-10-21)17(25)15-3-4-15/h5-8,15H,2-4,9-13H2,1H3. The van der Waals surface area contributed by atoms with Gasteiger partial charge in [0.05, 0.1) is 6.67 Å². The Morgan fingerprint density at radius 2 is 1.88 bits per heavy atom. The van der Waals surface area contributed by atoms with Crippen molar-refractivity contribution in [2.45, 2.75) is 33.0 Å². The zero-order valence-electron chi connectivity index (χ0n) is 15.0. The second-order valence-corrected chi connectivity index (χ2v) is 7.31. The van der Waals surface area contributed by atoms with Gasteiger partial charge in [0.25, 0.3) is 0 Å². The summed E-state index contributed by atoms with van der Waals surface area (Å²) in [5.74, 6) is 1.53. The van der Waals surface area contributed by atoms with Gasteiger partial charge in [-0.05, 0) is 44.1 Å². The molecule has 3 heterocycles. The average molecular weight is 372 g/mol. The molecule has 138 valence electrons. The molecule has 2 aliphatic rings. The highest BCUT2D eigenvalue weighted by molar-refractivity contribution is 7.71. The maximum absolute atomic E-state index is 12.2. The van der Waals surface area contributed by atoms with Crippen LogP contribution in [0.2, 0.25) is 0 Å². The monoisotopic (exact) mass is 372 g/mol. The van der Waals surface area contributed by atoms with E-state index in [0.29, 0.717) is 18.5 Å². The largest absolute Gasteiger partial charge is 0.340 e. The van der Waals surface area contributed by atoms with Crippen molar-refractivity contribution in [2.75, 3.05) is 26.2 Å². The Kier molecular flexibility index (Phi) is 4.86. The van der Waals surface area contributed by atoms with Crippen molar-refractivity contribution < 1.29 is 4.79 Å². The first-order chi connectivity index (χ1) is 12.7. The number of nitrogens with zero attached hydrogens (tertiary/aromatic N) is 6. The van der Waals surface area contributed by atoms with Crippen molar-refractivity contribution in [3.05, 3.63) is 29.3 Å². The number of carbonyl (C=O) groups is 1. The van der Waals surface area contributed by atoms with Crippen molar-refractivity contribution in [1.82, 2.24) is 29.1 Å². The van der Waals surface area contributed by atoms with Gasteiger partial charge < -0.3 is 9.47 Å². The Bertz CT molecular complexity index is 833. The van der Waals surface area contributed by atoms with Gasteiger partial charge >= 0.3 is 0 Å². The van der Waals surface area contributed by atoms with Crippen LogP contribution >= 0.6 is 12.2 Å². The molecule has 4 rings (SSSR count). The summed E-state index contributed by atoms with van der Waals surface area (Å²) in [6, 6.07) is 3.91. The second kappa shape index (κ2) is 7.28. The lowest BCUT2D eigenvalue weighted by Crippen LogP contribution is -2.49.